The molecule has 0 spiro atoms. The lowest BCUT2D eigenvalue weighted by Crippen LogP contribution is -2.54. The van der Waals surface area contributed by atoms with Crippen LogP contribution in [-0.2, 0) is 14.3 Å². The van der Waals surface area contributed by atoms with Gasteiger partial charge in [0.1, 0.15) is 0 Å². The summed E-state index contributed by atoms with van der Waals surface area (Å²) in [6, 6.07) is 10.3. The number of carbonyl (C=O) groups excluding carboxylic acids is 1. The number of piperidine rings is 3. The molecular formula is C18H25NO3. The number of fused-ring (bicyclic) bond motifs is 3. The third-order valence-electron chi connectivity index (χ3n) is 5.59. The summed E-state index contributed by atoms with van der Waals surface area (Å²) >= 11 is 0. The highest BCUT2D eigenvalue weighted by Crippen LogP contribution is 2.52. The third-order valence-corrected chi connectivity index (χ3v) is 5.59. The van der Waals surface area contributed by atoms with Crippen LogP contribution in [0.25, 0.3) is 0 Å². The maximum atomic E-state index is 12.3. The molecule has 0 radical (unpaired) electrons. The number of ether oxygens (including phenoxy) is 2. The zero-order valence-electron chi connectivity index (χ0n) is 13.5. The zero-order valence-corrected chi connectivity index (χ0v) is 13.5. The number of esters is 1. The van der Waals surface area contributed by atoms with E-state index in [0.29, 0.717) is 0 Å². The smallest absolute Gasteiger partial charge is 0.335 e. The molecular weight excluding hydrogens is 278 g/mol. The van der Waals surface area contributed by atoms with Gasteiger partial charge < -0.3 is 14.4 Å². The van der Waals surface area contributed by atoms with Crippen LogP contribution in [-0.4, -0.2) is 50.8 Å². The van der Waals surface area contributed by atoms with Crippen molar-refractivity contribution in [1.82, 2.24) is 4.90 Å². The lowest BCUT2D eigenvalue weighted by atomic mass is 9.60. The number of hydrogen-bond donors (Lipinski definition) is 0. The van der Waals surface area contributed by atoms with Crippen molar-refractivity contribution in [3.8, 4) is 0 Å². The molecule has 4 nitrogen and oxygen atoms in total. The molecule has 3 heterocycles. The summed E-state index contributed by atoms with van der Waals surface area (Å²) < 4.78 is 10.7. The molecule has 22 heavy (non-hydrogen) atoms. The molecule has 3 aliphatic heterocycles. The van der Waals surface area contributed by atoms with Crippen molar-refractivity contribution in [2.75, 3.05) is 33.9 Å². The number of benzene rings is 1. The highest BCUT2D eigenvalue weighted by molar-refractivity contribution is 5.76. The molecule has 1 aromatic rings. The van der Waals surface area contributed by atoms with Crippen LogP contribution >= 0.6 is 0 Å². The SMILES string of the molecule is COC(=O)C(OC)C(c1ccccc1)C12CCN(CC1)CC2. The Morgan fingerprint density at radius 2 is 1.68 bits per heavy atom. The first-order chi connectivity index (χ1) is 10.7. The largest absolute Gasteiger partial charge is 0.467 e. The fraction of sp³-hybridized carbons (Fsp3) is 0.611. The van der Waals surface area contributed by atoms with Crippen LogP contribution < -0.4 is 0 Å². The van der Waals surface area contributed by atoms with E-state index in [1.807, 2.05) is 18.2 Å². The van der Waals surface area contributed by atoms with Crippen LogP contribution in [0, 0.1) is 5.41 Å². The predicted octanol–water partition coefficient (Wildman–Crippen LogP) is 2.44. The van der Waals surface area contributed by atoms with E-state index in [1.165, 1.54) is 12.7 Å². The summed E-state index contributed by atoms with van der Waals surface area (Å²) in [5, 5.41) is 0. The fourth-order valence-electron chi connectivity index (χ4n) is 4.31. The summed E-state index contributed by atoms with van der Waals surface area (Å²) in [5.41, 5.74) is 1.33. The molecule has 120 valence electrons. The maximum Gasteiger partial charge on any atom is 0.335 e. The summed E-state index contributed by atoms with van der Waals surface area (Å²) in [7, 11) is 3.06. The van der Waals surface area contributed by atoms with Crippen molar-refractivity contribution in [2.24, 2.45) is 5.41 Å². The maximum absolute atomic E-state index is 12.3. The second kappa shape index (κ2) is 6.39. The van der Waals surface area contributed by atoms with Gasteiger partial charge in [-0.25, -0.2) is 4.79 Å². The minimum atomic E-state index is -0.531. The summed E-state index contributed by atoms with van der Waals surface area (Å²) in [5.74, 6) is -0.202. The minimum absolute atomic E-state index is 0.0635. The van der Waals surface area contributed by atoms with Gasteiger partial charge in [-0.2, -0.15) is 0 Å². The van der Waals surface area contributed by atoms with Crippen LogP contribution in [0.2, 0.25) is 0 Å². The fourth-order valence-corrected chi connectivity index (χ4v) is 4.31. The lowest BCUT2D eigenvalue weighted by molar-refractivity contribution is -0.158. The van der Waals surface area contributed by atoms with Gasteiger partial charge in [0.05, 0.1) is 7.11 Å². The Bertz CT molecular complexity index is 495. The van der Waals surface area contributed by atoms with Gasteiger partial charge in [-0.1, -0.05) is 30.3 Å². The average molecular weight is 303 g/mol. The van der Waals surface area contributed by atoms with E-state index < -0.39 is 6.10 Å². The first kappa shape index (κ1) is 15.5. The van der Waals surface area contributed by atoms with Gasteiger partial charge in [0.2, 0.25) is 0 Å². The van der Waals surface area contributed by atoms with E-state index in [9.17, 15) is 4.79 Å². The molecule has 0 aliphatic carbocycles. The first-order valence-electron chi connectivity index (χ1n) is 8.08. The second-order valence-electron chi connectivity index (χ2n) is 6.52. The van der Waals surface area contributed by atoms with Gasteiger partial charge in [0, 0.05) is 13.0 Å². The van der Waals surface area contributed by atoms with Crippen LogP contribution in [0.1, 0.15) is 30.7 Å². The summed E-state index contributed by atoms with van der Waals surface area (Å²) in [4.78, 5) is 14.8. The Labute approximate surface area is 132 Å². The van der Waals surface area contributed by atoms with Gasteiger partial charge in [-0.15, -0.1) is 0 Å². The summed E-state index contributed by atoms with van der Waals surface area (Å²) in [6.07, 6.45) is 2.85. The zero-order chi connectivity index (χ0) is 15.6. The van der Waals surface area contributed by atoms with E-state index in [1.54, 1.807) is 7.11 Å². The molecule has 3 saturated heterocycles. The van der Waals surface area contributed by atoms with Crippen molar-refractivity contribution in [3.63, 3.8) is 0 Å². The van der Waals surface area contributed by atoms with Gasteiger partial charge in [0.15, 0.2) is 6.10 Å². The average Bonchev–Trinajstić information content (AvgIpc) is 2.61. The van der Waals surface area contributed by atoms with Crippen molar-refractivity contribution < 1.29 is 14.3 Å². The Morgan fingerprint density at radius 1 is 1.09 bits per heavy atom. The number of carbonyl (C=O) groups is 1. The van der Waals surface area contributed by atoms with Crippen molar-refractivity contribution in [3.05, 3.63) is 35.9 Å². The molecule has 0 N–H and O–H groups in total. The molecule has 0 amide bonds. The van der Waals surface area contributed by atoms with E-state index in [-0.39, 0.29) is 17.3 Å². The molecule has 2 unspecified atom stereocenters. The Hall–Kier alpha value is -1.39. The van der Waals surface area contributed by atoms with Crippen molar-refractivity contribution in [1.29, 1.82) is 0 Å². The molecule has 4 rings (SSSR count). The second-order valence-corrected chi connectivity index (χ2v) is 6.52. The van der Waals surface area contributed by atoms with Gasteiger partial charge in [-0.3, -0.25) is 0 Å². The molecule has 1 aromatic carbocycles. The van der Waals surface area contributed by atoms with E-state index >= 15 is 0 Å². The molecule has 3 aliphatic rings. The Balaban J connectivity index is 2.00. The van der Waals surface area contributed by atoms with Gasteiger partial charge >= 0.3 is 5.97 Å². The molecule has 4 heteroatoms. The molecule has 2 atom stereocenters. The predicted molar refractivity (Wildman–Crippen MR) is 84.7 cm³/mol. The first-order valence-corrected chi connectivity index (χ1v) is 8.08. The number of methoxy groups -OCH3 is 2. The monoisotopic (exact) mass is 303 g/mol. The molecule has 2 bridgehead atoms. The highest BCUT2D eigenvalue weighted by atomic mass is 16.6. The van der Waals surface area contributed by atoms with Crippen LogP contribution in [0.15, 0.2) is 30.3 Å². The third kappa shape index (κ3) is 2.66. The Kier molecular flexibility index (Phi) is 4.50. The van der Waals surface area contributed by atoms with E-state index in [2.05, 4.69) is 17.0 Å². The van der Waals surface area contributed by atoms with Gasteiger partial charge in [-0.05, 0) is 49.9 Å². The van der Waals surface area contributed by atoms with Crippen LogP contribution in [0.4, 0.5) is 0 Å². The highest BCUT2D eigenvalue weighted by Gasteiger charge is 2.50. The minimum Gasteiger partial charge on any atom is -0.467 e. The standard InChI is InChI=1S/C18H25NO3/c1-21-16(17(20)22-2)15(14-6-4-3-5-7-14)18-8-11-19(12-9-18)13-10-18/h3-7,15-16H,8-13H2,1-2H3. The quantitative estimate of drug-likeness (QED) is 0.783. The molecule has 3 fully saturated rings. The summed E-state index contributed by atoms with van der Waals surface area (Å²) in [6.45, 7) is 3.38. The van der Waals surface area contributed by atoms with E-state index in [4.69, 9.17) is 9.47 Å². The number of hydrogen-bond acceptors (Lipinski definition) is 4. The van der Waals surface area contributed by atoms with Crippen LogP contribution in [0.5, 0.6) is 0 Å². The normalized spacial score (nSPS) is 29.8. The van der Waals surface area contributed by atoms with Crippen molar-refractivity contribution >= 4 is 5.97 Å². The van der Waals surface area contributed by atoms with Crippen molar-refractivity contribution in [2.45, 2.75) is 31.3 Å². The van der Waals surface area contributed by atoms with E-state index in [0.717, 1.165) is 38.9 Å². The topological polar surface area (TPSA) is 38.8 Å². The number of nitrogens with zero attached hydrogens (tertiary/aromatic N) is 1. The number of rotatable bonds is 5. The van der Waals surface area contributed by atoms with Crippen LogP contribution in [0.3, 0.4) is 0 Å². The molecule has 0 aromatic heterocycles. The molecule has 0 saturated carbocycles. The van der Waals surface area contributed by atoms with Gasteiger partial charge in [0.25, 0.3) is 0 Å². The lowest BCUT2D eigenvalue weighted by Gasteiger charge is -2.53. The Morgan fingerprint density at radius 3 is 2.18 bits per heavy atom.